The Morgan fingerprint density at radius 2 is 1.34 bits per heavy atom. The van der Waals surface area contributed by atoms with E-state index in [2.05, 4.69) is 39.8 Å². The maximum Gasteiger partial charge on any atom is 0.196 e. The quantitative estimate of drug-likeness (QED) is 0.108. The number of anilines is 2. The van der Waals surface area contributed by atoms with Crippen LogP contribution in [-0.4, -0.2) is 87.0 Å². The molecule has 0 bridgehead atoms. The predicted molar refractivity (Wildman–Crippen MR) is 139 cm³/mol. The molecule has 9 heteroatoms. The molecule has 1 aliphatic carbocycles. The first-order valence-electron chi connectivity index (χ1n) is 11.5. The van der Waals surface area contributed by atoms with Gasteiger partial charge in [-0.3, -0.25) is 9.59 Å². The summed E-state index contributed by atoms with van der Waals surface area (Å²) in [5.74, 6) is 0.814. The summed E-state index contributed by atoms with van der Waals surface area (Å²) in [6.07, 6.45) is 4.32. The molecule has 2 aromatic carbocycles. The van der Waals surface area contributed by atoms with Crippen LogP contribution in [0.3, 0.4) is 0 Å². The molecule has 2 aromatic rings. The van der Waals surface area contributed by atoms with E-state index in [-0.39, 0.29) is 45.5 Å². The Labute approximate surface area is 235 Å². The highest BCUT2D eigenvalue weighted by Gasteiger charge is 2.33. The molecule has 0 saturated carbocycles. The molecule has 3 rings (SSSR count). The number of fused-ring (bicyclic) bond motifs is 2. The third-order valence-electron chi connectivity index (χ3n) is 6.37. The first kappa shape index (κ1) is 31.6. The van der Waals surface area contributed by atoms with Crippen molar-refractivity contribution in [1.82, 2.24) is 0 Å². The van der Waals surface area contributed by atoms with Crippen LogP contribution in [0.4, 0.5) is 11.4 Å². The summed E-state index contributed by atoms with van der Waals surface area (Å²) in [5.41, 5.74) is 8.77. The molecular formula is C26H38Br2N4O2S. The van der Waals surface area contributed by atoms with Gasteiger partial charge in [0, 0.05) is 41.9 Å². The summed E-state index contributed by atoms with van der Waals surface area (Å²) < 4.78 is 2.01. The fourth-order valence-corrected chi connectivity index (χ4v) is 5.41. The number of halogens is 2. The molecule has 0 saturated heterocycles. The minimum absolute atomic E-state index is 0. The van der Waals surface area contributed by atoms with Crippen molar-refractivity contribution in [3.05, 3.63) is 58.7 Å². The van der Waals surface area contributed by atoms with Crippen LogP contribution in [0.15, 0.2) is 36.4 Å². The molecule has 35 heavy (non-hydrogen) atoms. The number of hydrogen-bond donors (Lipinski definition) is 2. The zero-order valence-electron chi connectivity index (χ0n) is 21.4. The Kier molecular flexibility index (Phi) is 12.0. The molecule has 0 heterocycles. The molecule has 0 atom stereocenters. The van der Waals surface area contributed by atoms with Gasteiger partial charge in [-0.05, 0) is 18.4 Å². The van der Waals surface area contributed by atoms with Crippen molar-refractivity contribution in [1.29, 1.82) is 0 Å². The third kappa shape index (κ3) is 7.79. The number of carbonyl (C=O) groups is 2. The normalized spacial score (nSPS) is 12.8. The Morgan fingerprint density at radius 1 is 0.800 bits per heavy atom. The SMILES string of the molecule is CSC[N+](C)(C)CCC[N+](C)(C)CCCNc1ccc(N)c2c1C(=O)c1ccccc1C2=O.[Br-].[Br-]. The van der Waals surface area contributed by atoms with Crippen molar-refractivity contribution in [3.63, 3.8) is 0 Å². The second-order valence-corrected chi connectivity index (χ2v) is 11.1. The van der Waals surface area contributed by atoms with Gasteiger partial charge in [-0.15, -0.1) is 11.8 Å². The molecule has 0 spiro atoms. The zero-order valence-corrected chi connectivity index (χ0v) is 25.4. The second-order valence-electron chi connectivity index (χ2n) is 10.3. The Hall–Kier alpha value is -1.39. The van der Waals surface area contributed by atoms with E-state index in [1.54, 1.807) is 30.3 Å². The molecule has 3 N–H and O–H groups in total. The van der Waals surface area contributed by atoms with E-state index in [9.17, 15) is 9.59 Å². The van der Waals surface area contributed by atoms with Crippen molar-refractivity contribution < 1.29 is 52.5 Å². The van der Waals surface area contributed by atoms with E-state index < -0.39 is 0 Å². The number of quaternary nitrogens is 2. The van der Waals surface area contributed by atoms with Gasteiger partial charge in [-0.2, -0.15) is 0 Å². The number of thioether (sulfide) groups is 1. The largest absolute Gasteiger partial charge is 1.00 e. The highest BCUT2D eigenvalue weighted by Crippen LogP contribution is 2.35. The van der Waals surface area contributed by atoms with E-state index in [4.69, 9.17) is 5.73 Å². The first-order chi connectivity index (χ1) is 15.6. The van der Waals surface area contributed by atoms with Crippen LogP contribution >= 0.6 is 11.8 Å². The number of nitrogen functional groups attached to an aromatic ring is 1. The van der Waals surface area contributed by atoms with Crippen LogP contribution in [0.2, 0.25) is 0 Å². The lowest BCUT2D eigenvalue weighted by molar-refractivity contribution is -0.904. The van der Waals surface area contributed by atoms with Gasteiger partial charge in [0.25, 0.3) is 0 Å². The summed E-state index contributed by atoms with van der Waals surface area (Å²) >= 11 is 1.89. The minimum atomic E-state index is -0.179. The molecular weight excluding hydrogens is 592 g/mol. The maximum atomic E-state index is 13.2. The number of rotatable bonds is 11. The van der Waals surface area contributed by atoms with Gasteiger partial charge in [0.2, 0.25) is 0 Å². The van der Waals surface area contributed by atoms with Crippen LogP contribution in [0.25, 0.3) is 0 Å². The summed E-state index contributed by atoms with van der Waals surface area (Å²) in [4.78, 5) is 26.2. The lowest BCUT2D eigenvalue weighted by atomic mass is 9.82. The first-order valence-corrected chi connectivity index (χ1v) is 12.9. The lowest BCUT2D eigenvalue weighted by Gasteiger charge is -2.33. The molecule has 6 nitrogen and oxygen atoms in total. The molecule has 0 radical (unpaired) electrons. The van der Waals surface area contributed by atoms with Gasteiger partial charge in [0.1, 0.15) is 5.88 Å². The van der Waals surface area contributed by atoms with Crippen LogP contribution in [0, 0.1) is 0 Å². The van der Waals surface area contributed by atoms with E-state index in [1.807, 2.05) is 17.8 Å². The highest BCUT2D eigenvalue weighted by atomic mass is 79.9. The van der Waals surface area contributed by atoms with Gasteiger partial charge < -0.3 is 54.0 Å². The lowest BCUT2D eigenvalue weighted by Crippen LogP contribution is -3.00. The zero-order chi connectivity index (χ0) is 24.2. The molecule has 0 aliphatic heterocycles. The van der Waals surface area contributed by atoms with Crippen molar-refractivity contribution in [2.45, 2.75) is 12.8 Å². The third-order valence-corrected chi connectivity index (χ3v) is 7.33. The predicted octanol–water partition coefficient (Wildman–Crippen LogP) is -2.28. The second kappa shape index (κ2) is 13.2. The van der Waals surface area contributed by atoms with Gasteiger partial charge >= 0.3 is 0 Å². The molecule has 0 amide bonds. The molecule has 0 fully saturated rings. The summed E-state index contributed by atoms with van der Waals surface area (Å²) in [5, 5.41) is 3.41. The molecule has 1 aliphatic rings. The van der Waals surface area contributed by atoms with Crippen molar-refractivity contribution in [2.75, 3.05) is 77.6 Å². The number of nitrogens with zero attached hydrogens (tertiary/aromatic N) is 2. The van der Waals surface area contributed by atoms with E-state index >= 15 is 0 Å². The average Bonchev–Trinajstić information content (AvgIpc) is 2.75. The number of hydrogen-bond acceptors (Lipinski definition) is 5. The minimum Gasteiger partial charge on any atom is -1.00 e. The van der Waals surface area contributed by atoms with Crippen LogP contribution in [0.5, 0.6) is 0 Å². The van der Waals surface area contributed by atoms with E-state index in [1.165, 1.54) is 13.0 Å². The highest BCUT2D eigenvalue weighted by molar-refractivity contribution is 7.98. The van der Waals surface area contributed by atoms with Gasteiger partial charge in [-0.1, -0.05) is 24.3 Å². The smallest absolute Gasteiger partial charge is 0.196 e. The van der Waals surface area contributed by atoms with Gasteiger partial charge in [0.05, 0.1) is 59.0 Å². The summed E-state index contributed by atoms with van der Waals surface area (Å²) in [7, 11) is 9.13. The Balaban J connectivity index is 0.00000306. The van der Waals surface area contributed by atoms with Crippen LogP contribution in [-0.2, 0) is 0 Å². The summed E-state index contributed by atoms with van der Waals surface area (Å²) in [6.45, 7) is 4.08. The number of nitrogens with one attached hydrogen (secondary N) is 1. The monoisotopic (exact) mass is 628 g/mol. The van der Waals surface area contributed by atoms with Gasteiger partial charge in [0.15, 0.2) is 11.6 Å². The fourth-order valence-electron chi connectivity index (χ4n) is 4.58. The van der Waals surface area contributed by atoms with E-state index in [0.717, 1.165) is 40.9 Å². The number of nitrogens with two attached hydrogens (primary N) is 1. The van der Waals surface area contributed by atoms with Crippen molar-refractivity contribution >= 4 is 34.7 Å². The van der Waals surface area contributed by atoms with Crippen molar-refractivity contribution in [2.24, 2.45) is 0 Å². The molecule has 0 unspecified atom stereocenters. The van der Waals surface area contributed by atoms with Crippen LogP contribution in [0.1, 0.15) is 44.7 Å². The fraction of sp³-hybridized carbons (Fsp3) is 0.462. The topological polar surface area (TPSA) is 72.2 Å². The maximum absolute atomic E-state index is 13.2. The number of ketones is 2. The van der Waals surface area contributed by atoms with Crippen LogP contribution < -0.4 is 45.0 Å². The molecule has 0 aromatic heterocycles. The Bertz CT molecular complexity index is 1040. The standard InChI is InChI=1S/C26H36N4O2S.2BrH/c1-29(2,16-9-17-30(3,4)18-33-5)15-8-14-28-22-13-12-21(27)23-24(22)26(32)20-11-7-6-10-19(20)25(23)31;;/h6-7,10-13H,8-9,14-18H2,1-5H3,(H-2,27,28,31,32);2*1H. The van der Waals surface area contributed by atoms with E-state index in [0.29, 0.717) is 33.6 Å². The average molecular weight is 630 g/mol. The van der Waals surface area contributed by atoms with Crippen molar-refractivity contribution in [3.8, 4) is 0 Å². The number of carbonyl (C=O) groups excluding carboxylic acids is 2. The summed E-state index contributed by atoms with van der Waals surface area (Å²) in [6, 6.07) is 10.5. The Morgan fingerprint density at radius 3 is 1.94 bits per heavy atom. The van der Waals surface area contributed by atoms with Gasteiger partial charge in [-0.25, -0.2) is 0 Å². The number of benzene rings is 2. The molecule has 194 valence electrons.